The van der Waals surface area contributed by atoms with Gasteiger partial charge in [0.05, 0.1) is 30.7 Å². The van der Waals surface area contributed by atoms with Crippen molar-refractivity contribution in [2.45, 2.75) is 24.7 Å². The SMILES string of the molecule is COc1cc(NC(=O)CSc2ccc(C(C)C)cc2)c(OC)cc1Cl. The number of anilines is 1. The lowest BCUT2D eigenvalue weighted by molar-refractivity contribution is -0.113. The molecule has 0 saturated heterocycles. The molecule has 2 rings (SSSR count). The van der Waals surface area contributed by atoms with Gasteiger partial charge >= 0.3 is 0 Å². The molecule has 0 bridgehead atoms. The molecule has 2 aromatic carbocycles. The van der Waals surface area contributed by atoms with E-state index < -0.39 is 0 Å². The highest BCUT2D eigenvalue weighted by molar-refractivity contribution is 8.00. The third-order valence-corrected chi connectivity index (χ3v) is 4.97. The van der Waals surface area contributed by atoms with E-state index in [1.807, 2.05) is 12.1 Å². The van der Waals surface area contributed by atoms with E-state index in [2.05, 4.69) is 31.3 Å². The van der Waals surface area contributed by atoms with E-state index in [0.29, 0.717) is 33.9 Å². The van der Waals surface area contributed by atoms with Crippen molar-refractivity contribution in [2.75, 3.05) is 25.3 Å². The summed E-state index contributed by atoms with van der Waals surface area (Å²) in [5, 5.41) is 3.27. The van der Waals surface area contributed by atoms with E-state index in [1.165, 1.54) is 31.5 Å². The molecular formula is C19H22ClNO3S. The van der Waals surface area contributed by atoms with Crippen LogP contribution in [-0.2, 0) is 4.79 Å². The van der Waals surface area contributed by atoms with Crippen LogP contribution in [0, 0.1) is 0 Å². The predicted octanol–water partition coefficient (Wildman–Crippen LogP) is 5.21. The molecule has 4 nitrogen and oxygen atoms in total. The predicted molar refractivity (Wildman–Crippen MR) is 104 cm³/mol. The van der Waals surface area contributed by atoms with Crippen LogP contribution < -0.4 is 14.8 Å². The highest BCUT2D eigenvalue weighted by Crippen LogP contribution is 2.36. The lowest BCUT2D eigenvalue weighted by Crippen LogP contribution is -2.14. The lowest BCUT2D eigenvalue weighted by Gasteiger charge is -2.13. The summed E-state index contributed by atoms with van der Waals surface area (Å²) in [5.41, 5.74) is 1.82. The Morgan fingerprint density at radius 3 is 2.32 bits per heavy atom. The molecule has 0 radical (unpaired) electrons. The van der Waals surface area contributed by atoms with Crippen LogP contribution in [0.1, 0.15) is 25.3 Å². The molecule has 2 aromatic rings. The molecule has 0 fully saturated rings. The number of benzene rings is 2. The molecule has 0 aliphatic heterocycles. The number of carbonyl (C=O) groups excluding carboxylic acids is 1. The van der Waals surface area contributed by atoms with Crippen molar-refractivity contribution in [3.8, 4) is 11.5 Å². The molecule has 25 heavy (non-hydrogen) atoms. The van der Waals surface area contributed by atoms with Crippen LogP contribution in [0.3, 0.4) is 0 Å². The van der Waals surface area contributed by atoms with E-state index in [4.69, 9.17) is 21.1 Å². The first kappa shape index (κ1) is 19.5. The molecule has 0 heterocycles. The van der Waals surface area contributed by atoms with E-state index in [1.54, 1.807) is 12.1 Å². The summed E-state index contributed by atoms with van der Waals surface area (Å²) in [5.74, 6) is 1.64. The van der Waals surface area contributed by atoms with Crippen molar-refractivity contribution < 1.29 is 14.3 Å². The standard InChI is InChI=1S/C19H22ClNO3S/c1-12(2)13-5-7-14(8-6-13)25-11-19(22)21-16-10-17(23-3)15(20)9-18(16)24-4/h5-10,12H,11H2,1-4H3,(H,21,22). The maximum atomic E-state index is 12.3. The van der Waals surface area contributed by atoms with Gasteiger partial charge in [0, 0.05) is 17.0 Å². The van der Waals surface area contributed by atoms with Gasteiger partial charge in [-0.15, -0.1) is 11.8 Å². The Kier molecular flexibility index (Phi) is 7.02. The first-order valence-electron chi connectivity index (χ1n) is 7.88. The van der Waals surface area contributed by atoms with Gasteiger partial charge in [-0.3, -0.25) is 4.79 Å². The van der Waals surface area contributed by atoms with Crippen LogP contribution in [0.15, 0.2) is 41.3 Å². The van der Waals surface area contributed by atoms with Gasteiger partial charge in [-0.1, -0.05) is 37.6 Å². The fourth-order valence-corrected chi connectivity index (χ4v) is 3.17. The highest BCUT2D eigenvalue weighted by atomic mass is 35.5. The van der Waals surface area contributed by atoms with Gasteiger partial charge < -0.3 is 14.8 Å². The first-order chi connectivity index (χ1) is 11.9. The fraction of sp³-hybridized carbons (Fsp3) is 0.316. The number of hydrogen-bond acceptors (Lipinski definition) is 4. The summed E-state index contributed by atoms with van der Waals surface area (Å²) >= 11 is 7.56. The number of thioether (sulfide) groups is 1. The molecule has 0 aromatic heterocycles. The monoisotopic (exact) mass is 379 g/mol. The molecule has 0 aliphatic rings. The summed E-state index contributed by atoms with van der Waals surface area (Å²) in [6, 6.07) is 11.5. The van der Waals surface area contributed by atoms with Crippen molar-refractivity contribution in [2.24, 2.45) is 0 Å². The zero-order chi connectivity index (χ0) is 18.4. The minimum Gasteiger partial charge on any atom is -0.495 e. The summed E-state index contributed by atoms with van der Waals surface area (Å²) in [6.45, 7) is 4.31. The second-order valence-electron chi connectivity index (χ2n) is 5.75. The topological polar surface area (TPSA) is 47.6 Å². The smallest absolute Gasteiger partial charge is 0.234 e. The van der Waals surface area contributed by atoms with Crippen molar-refractivity contribution in [1.29, 1.82) is 0 Å². The molecule has 0 atom stereocenters. The number of carbonyl (C=O) groups is 1. The van der Waals surface area contributed by atoms with Crippen LogP contribution in [-0.4, -0.2) is 25.9 Å². The van der Waals surface area contributed by atoms with Crippen molar-refractivity contribution in [1.82, 2.24) is 0 Å². The zero-order valence-electron chi connectivity index (χ0n) is 14.8. The lowest BCUT2D eigenvalue weighted by atomic mass is 10.0. The Hall–Kier alpha value is -1.85. The van der Waals surface area contributed by atoms with Gasteiger partial charge in [0.1, 0.15) is 11.5 Å². The molecule has 134 valence electrons. The Bertz CT molecular complexity index is 732. The van der Waals surface area contributed by atoms with E-state index in [0.717, 1.165) is 4.90 Å². The number of rotatable bonds is 7. The number of hydrogen-bond donors (Lipinski definition) is 1. The van der Waals surface area contributed by atoms with E-state index in [-0.39, 0.29) is 5.91 Å². The van der Waals surface area contributed by atoms with E-state index >= 15 is 0 Å². The fourth-order valence-electron chi connectivity index (χ4n) is 2.24. The molecule has 0 saturated carbocycles. The number of amides is 1. The minimum absolute atomic E-state index is 0.124. The Morgan fingerprint density at radius 2 is 1.76 bits per heavy atom. The summed E-state index contributed by atoms with van der Waals surface area (Å²) in [6.07, 6.45) is 0. The Morgan fingerprint density at radius 1 is 1.12 bits per heavy atom. The Labute approximate surface area is 157 Å². The maximum Gasteiger partial charge on any atom is 0.234 e. The molecule has 0 spiro atoms. The van der Waals surface area contributed by atoms with Gasteiger partial charge in [-0.25, -0.2) is 0 Å². The molecule has 0 aliphatic carbocycles. The molecular weight excluding hydrogens is 358 g/mol. The zero-order valence-corrected chi connectivity index (χ0v) is 16.3. The number of methoxy groups -OCH3 is 2. The molecule has 1 amide bonds. The third-order valence-electron chi connectivity index (χ3n) is 3.66. The average molecular weight is 380 g/mol. The second-order valence-corrected chi connectivity index (χ2v) is 7.20. The summed E-state index contributed by atoms with van der Waals surface area (Å²) in [4.78, 5) is 13.3. The van der Waals surface area contributed by atoms with Gasteiger partial charge in [0.2, 0.25) is 5.91 Å². The second kappa shape index (κ2) is 9.02. The van der Waals surface area contributed by atoms with Gasteiger partial charge in [0.15, 0.2) is 0 Å². The van der Waals surface area contributed by atoms with Gasteiger partial charge in [-0.05, 0) is 23.6 Å². The van der Waals surface area contributed by atoms with Crippen LogP contribution in [0.5, 0.6) is 11.5 Å². The summed E-state index contributed by atoms with van der Waals surface area (Å²) < 4.78 is 10.4. The van der Waals surface area contributed by atoms with Crippen LogP contribution in [0.2, 0.25) is 5.02 Å². The largest absolute Gasteiger partial charge is 0.495 e. The normalized spacial score (nSPS) is 10.6. The van der Waals surface area contributed by atoms with Gasteiger partial charge in [0.25, 0.3) is 0 Å². The van der Waals surface area contributed by atoms with Crippen molar-refractivity contribution >= 4 is 35.0 Å². The number of halogens is 1. The molecule has 0 unspecified atom stereocenters. The molecule has 6 heteroatoms. The van der Waals surface area contributed by atoms with Gasteiger partial charge in [-0.2, -0.15) is 0 Å². The first-order valence-corrected chi connectivity index (χ1v) is 9.25. The minimum atomic E-state index is -0.124. The molecule has 1 N–H and O–H groups in total. The Balaban J connectivity index is 2.00. The van der Waals surface area contributed by atoms with Crippen LogP contribution in [0.4, 0.5) is 5.69 Å². The third kappa shape index (κ3) is 5.31. The highest BCUT2D eigenvalue weighted by Gasteiger charge is 2.13. The maximum absolute atomic E-state index is 12.3. The quantitative estimate of drug-likeness (QED) is 0.670. The number of nitrogens with one attached hydrogen (secondary N) is 1. The van der Waals surface area contributed by atoms with Crippen molar-refractivity contribution in [3.63, 3.8) is 0 Å². The van der Waals surface area contributed by atoms with Crippen LogP contribution >= 0.6 is 23.4 Å². The van der Waals surface area contributed by atoms with Crippen LogP contribution in [0.25, 0.3) is 0 Å². The summed E-state index contributed by atoms with van der Waals surface area (Å²) in [7, 11) is 3.05. The van der Waals surface area contributed by atoms with E-state index in [9.17, 15) is 4.79 Å². The van der Waals surface area contributed by atoms with Crippen molar-refractivity contribution in [3.05, 3.63) is 47.0 Å². The average Bonchev–Trinajstić information content (AvgIpc) is 2.61. The number of ether oxygens (including phenoxy) is 2.